The van der Waals surface area contributed by atoms with Crippen molar-refractivity contribution in [3.8, 4) is 17.2 Å². The Kier molecular flexibility index (Phi) is 7.43. The van der Waals surface area contributed by atoms with Crippen LogP contribution in [-0.4, -0.2) is 44.1 Å². The van der Waals surface area contributed by atoms with E-state index in [1.54, 1.807) is 44.7 Å². The van der Waals surface area contributed by atoms with Gasteiger partial charge in [-0.25, -0.2) is 4.98 Å². The van der Waals surface area contributed by atoms with Gasteiger partial charge in [0, 0.05) is 31.3 Å². The van der Waals surface area contributed by atoms with Crippen LogP contribution >= 0.6 is 0 Å². The summed E-state index contributed by atoms with van der Waals surface area (Å²) in [5.41, 5.74) is 2.25. The maximum Gasteiger partial charge on any atom is 0.251 e. The lowest BCUT2D eigenvalue weighted by Gasteiger charge is -2.11. The first-order valence-corrected chi connectivity index (χ1v) is 9.56. The second-order valence-electron chi connectivity index (χ2n) is 6.35. The van der Waals surface area contributed by atoms with Gasteiger partial charge in [0.15, 0.2) is 5.96 Å². The third-order valence-electron chi connectivity index (χ3n) is 4.27. The molecule has 0 unspecified atom stereocenters. The number of methoxy groups -OCH3 is 1. The van der Waals surface area contributed by atoms with Crippen molar-refractivity contribution in [2.24, 2.45) is 4.99 Å². The van der Waals surface area contributed by atoms with Crippen molar-refractivity contribution in [2.75, 3.05) is 27.2 Å². The summed E-state index contributed by atoms with van der Waals surface area (Å²) in [6, 6.07) is 16.7. The van der Waals surface area contributed by atoms with E-state index in [0.29, 0.717) is 42.8 Å². The first-order chi connectivity index (χ1) is 14.7. The van der Waals surface area contributed by atoms with Gasteiger partial charge in [0.1, 0.15) is 12.0 Å². The Morgan fingerprint density at radius 1 is 1.07 bits per heavy atom. The van der Waals surface area contributed by atoms with Crippen LogP contribution in [0.5, 0.6) is 5.75 Å². The maximum atomic E-state index is 12.2. The van der Waals surface area contributed by atoms with Crippen LogP contribution in [0.15, 0.2) is 70.3 Å². The molecular formula is C22H25N5O3. The number of nitrogens with zero attached hydrogens (tertiary/aromatic N) is 2. The molecule has 0 saturated heterocycles. The molecule has 0 aliphatic carbocycles. The summed E-state index contributed by atoms with van der Waals surface area (Å²) in [4.78, 5) is 20.8. The molecule has 0 spiro atoms. The Morgan fingerprint density at radius 2 is 1.87 bits per heavy atom. The molecule has 3 N–H and O–H groups in total. The number of ether oxygens (including phenoxy) is 1. The largest absolute Gasteiger partial charge is 0.497 e. The Hall–Kier alpha value is -3.81. The van der Waals surface area contributed by atoms with Crippen LogP contribution in [0.25, 0.3) is 11.5 Å². The predicted molar refractivity (Wildman–Crippen MR) is 115 cm³/mol. The average molecular weight is 407 g/mol. The van der Waals surface area contributed by atoms with E-state index in [1.807, 2.05) is 30.3 Å². The molecule has 8 heteroatoms. The van der Waals surface area contributed by atoms with Gasteiger partial charge in [0.25, 0.3) is 5.91 Å². The molecule has 0 bridgehead atoms. The topological polar surface area (TPSA) is 101 Å². The molecular weight excluding hydrogens is 382 g/mol. The minimum Gasteiger partial charge on any atom is -0.497 e. The highest BCUT2D eigenvalue weighted by atomic mass is 16.5. The van der Waals surface area contributed by atoms with Gasteiger partial charge >= 0.3 is 0 Å². The van der Waals surface area contributed by atoms with E-state index >= 15 is 0 Å². The van der Waals surface area contributed by atoms with Gasteiger partial charge in [-0.3, -0.25) is 9.79 Å². The smallest absolute Gasteiger partial charge is 0.251 e. The second kappa shape index (κ2) is 10.7. The Balaban J connectivity index is 1.41. The van der Waals surface area contributed by atoms with Gasteiger partial charge in [-0.15, -0.1) is 0 Å². The van der Waals surface area contributed by atoms with E-state index < -0.39 is 0 Å². The Labute approximate surface area is 175 Å². The van der Waals surface area contributed by atoms with Gasteiger partial charge in [-0.1, -0.05) is 24.3 Å². The Bertz CT molecular complexity index is 985. The molecule has 2 aromatic carbocycles. The molecule has 1 amide bonds. The average Bonchev–Trinajstić information content (AvgIpc) is 3.28. The number of aromatic nitrogens is 1. The van der Waals surface area contributed by atoms with Gasteiger partial charge in [-0.2, -0.15) is 0 Å². The molecule has 0 radical (unpaired) electrons. The van der Waals surface area contributed by atoms with Crippen molar-refractivity contribution in [2.45, 2.75) is 6.54 Å². The lowest BCUT2D eigenvalue weighted by Crippen LogP contribution is -2.41. The zero-order valence-corrected chi connectivity index (χ0v) is 17.0. The first kappa shape index (κ1) is 20.9. The number of amides is 1. The molecule has 0 saturated carbocycles. The van der Waals surface area contributed by atoms with Crippen molar-refractivity contribution in [1.82, 2.24) is 20.9 Å². The van der Waals surface area contributed by atoms with Crippen LogP contribution in [0.3, 0.4) is 0 Å². The van der Waals surface area contributed by atoms with Crippen LogP contribution < -0.4 is 20.7 Å². The van der Waals surface area contributed by atoms with Crippen LogP contribution in [0.2, 0.25) is 0 Å². The molecule has 1 heterocycles. The molecule has 0 aliphatic rings. The third kappa shape index (κ3) is 5.84. The monoisotopic (exact) mass is 407 g/mol. The number of benzene rings is 2. The Morgan fingerprint density at radius 3 is 2.63 bits per heavy atom. The zero-order chi connectivity index (χ0) is 21.2. The third-order valence-corrected chi connectivity index (χ3v) is 4.27. The molecule has 0 atom stereocenters. The van der Waals surface area contributed by atoms with E-state index in [9.17, 15) is 4.79 Å². The maximum absolute atomic E-state index is 12.2. The summed E-state index contributed by atoms with van der Waals surface area (Å²) >= 11 is 0. The SMILES string of the molecule is CN=C(NCCNC(=O)c1cccc(OC)c1)NCc1coc(-c2ccccc2)n1. The molecule has 0 fully saturated rings. The number of aliphatic imine (C=N–C) groups is 1. The standard InChI is InChI=1S/C22H25N5O3/c1-23-22(25-12-11-24-20(28)17-9-6-10-19(13-17)29-2)26-14-18-15-30-21(27-18)16-7-4-3-5-8-16/h3-10,13,15H,11-12,14H2,1-2H3,(H,24,28)(H2,23,25,26). The van der Waals surface area contributed by atoms with Crippen molar-refractivity contribution >= 4 is 11.9 Å². The van der Waals surface area contributed by atoms with Crippen LogP contribution in [-0.2, 0) is 6.54 Å². The highest BCUT2D eigenvalue weighted by Gasteiger charge is 2.08. The van der Waals surface area contributed by atoms with Crippen LogP contribution in [0.1, 0.15) is 16.1 Å². The number of nitrogens with one attached hydrogen (secondary N) is 3. The zero-order valence-electron chi connectivity index (χ0n) is 17.0. The van der Waals surface area contributed by atoms with Crippen LogP contribution in [0.4, 0.5) is 0 Å². The lowest BCUT2D eigenvalue weighted by molar-refractivity contribution is 0.0954. The number of hydrogen-bond donors (Lipinski definition) is 3. The van der Waals surface area contributed by atoms with E-state index in [-0.39, 0.29) is 5.91 Å². The van der Waals surface area contributed by atoms with Crippen LogP contribution in [0, 0.1) is 0 Å². The minimum atomic E-state index is -0.158. The predicted octanol–water partition coefficient (Wildman–Crippen LogP) is 2.45. The first-order valence-electron chi connectivity index (χ1n) is 9.56. The fraction of sp³-hybridized carbons (Fsp3) is 0.227. The number of carbonyl (C=O) groups is 1. The minimum absolute atomic E-state index is 0.158. The van der Waals surface area contributed by atoms with Gasteiger partial charge in [-0.05, 0) is 30.3 Å². The summed E-state index contributed by atoms with van der Waals surface area (Å²) in [5, 5.41) is 9.18. The van der Waals surface area contributed by atoms with Crippen molar-refractivity contribution in [3.63, 3.8) is 0 Å². The quantitative estimate of drug-likeness (QED) is 0.301. The fourth-order valence-electron chi connectivity index (χ4n) is 2.72. The summed E-state index contributed by atoms with van der Waals surface area (Å²) in [6.45, 7) is 1.43. The molecule has 8 nitrogen and oxygen atoms in total. The summed E-state index contributed by atoms with van der Waals surface area (Å²) < 4.78 is 10.7. The summed E-state index contributed by atoms with van der Waals surface area (Å²) in [6.07, 6.45) is 1.62. The highest BCUT2D eigenvalue weighted by Crippen LogP contribution is 2.17. The van der Waals surface area contributed by atoms with Gasteiger partial charge < -0.3 is 25.1 Å². The fourth-order valence-corrected chi connectivity index (χ4v) is 2.72. The van der Waals surface area contributed by atoms with Crippen molar-refractivity contribution in [1.29, 1.82) is 0 Å². The lowest BCUT2D eigenvalue weighted by atomic mass is 10.2. The molecule has 0 aliphatic heterocycles. The number of rotatable bonds is 8. The molecule has 30 heavy (non-hydrogen) atoms. The number of guanidine groups is 1. The van der Waals surface area contributed by atoms with E-state index in [0.717, 1.165) is 11.3 Å². The molecule has 1 aromatic heterocycles. The van der Waals surface area contributed by atoms with Gasteiger partial charge in [0.05, 0.1) is 19.3 Å². The summed E-state index contributed by atoms with van der Waals surface area (Å²) in [5.74, 6) is 1.67. The van der Waals surface area contributed by atoms with E-state index in [1.165, 1.54) is 0 Å². The number of carbonyl (C=O) groups excluding carboxylic acids is 1. The van der Waals surface area contributed by atoms with Crippen molar-refractivity contribution < 1.29 is 13.9 Å². The normalized spacial score (nSPS) is 11.1. The van der Waals surface area contributed by atoms with E-state index in [4.69, 9.17) is 9.15 Å². The molecule has 3 rings (SSSR count). The molecule has 156 valence electrons. The number of oxazole rings is 1. The molecule has 3 aromatic rings. The highest BCUT2D eigenvalue weighted by molar-refractivity contribution is 5.94. The van der Waals surface area contributed by atoms with E-state index in [2.05, 4.69) is 25.9 Å². The second-order valence-corrected chi connectivity index (χ2v) is 6.35. The number of hydrogen-bond acceptors (Lipinski definition) is 5. The van der Waals surface area contributed by atoms with Gasteiger partial charge in [0.2, 0.25) is 5.89 Å². The van der Waals surface area contributed by atoms with Crippen molar-refractivity contribution in [3.05, 3.63) is 72.1 Å². The summed E-state index contributed by atoms with van der Waals surface area (Å²) in [7, 11) is 3.25.